The Morgan fingerprint density at radius 3 is 2.12 bits per heavy atom. The summed E-state index contributed by atoms with van der Waals surface area (Å²) in [4.78, 5) is 40.4. The average Bonchev–Trinajstić information content (AvgIpc) is 2.77. The van der Waals surface area contributed by atoms with E-state index in [9.17, 15) is 22.8 Å². The topological polar surface area (TPSA) is 107 Å². The fourth-order valence-electron chi connectivity index (χ4n) is 3.99. The third kappa shape index (κ3) is 3.97. The van der Waals surface area contributed by atoms with Gasteiger partial charge in [0.15, 0.2) is 11.6 Å². The van der Waals surface area contributed by atoms with Crippen molar-refractivity contribution in [2.24, 2.45) is 0 Å². The Morgan fingerprint density at radius 1 is 0.906 bits per heavy atom. The van der Waals surface area contributed by atoms with Gasteiger partial charge < -0.3 is 5.32 Å². The van der Waals surface area contributed by atoms with Gasteiger partial charge in [-0.15, -0.1) is 0 Å². The number of amides is 1. The summed E-state index contributed by atoms with van der Waals surface area (Å²) in [5.74, 6) is -0.875. The molecule has 1 heterocycles. The molecule has 32 heavy (non-hydrogen) atoms. The molecule has 0 atom stereocenters. The predicted molar refractivity (Wildman–Crippen MR) is 119 cm³/mol. The lowest BCUT2D eigenvalue weighted by Crippen LogP contribution is -2.52. The highest BCUT2D eigenvalue weighted by Gasteiger charge is 2.32. The highest BCUT2D eigenvalue weighted by molar-refractivity contribution is 7.86. The van der Waals surface area contributed by atoms with E-state index in [2.05, 4.69) is 5.32 Å². The van der Waals surface area contributed by atoms with E-state index < -0.39 is 10.2 Å². The van der Waals surface area contributed by atoms with Crippen LogP contribution in [0.4, 0.5) is 5.69 Å². The lowest BCUT2D eigenvalue weighted by atomic mass is 9.83. The van der Waals surface area contributed by atoms with E-state index >= 15 is 0 Å². The molecule has 4 rings (SSSR count). The first-order chi connectivity index (χ1) is 15.2. The molecule has 1 fully saturated rings. The van der Waals surface area contributed by atoms with Crippen molar-refractivity contribution in [3.63, 3.8) is 0 Å². The minimum absolute atomic E-state index is 0.0538. The Labute approximate surface area is 186 Å². The molecule has 0 aromatic heterocycles. The molecule has 0 unspecified atom stereocenters. The Morgan fingerprint density at radius 2 is 1.50 bits per heavy atom. The summed E-state index contributed by atoms with van der Waals surface area (Å²) in [5.41, 5.74) is 1.46. The van der Waals surface area contributed by atoms with Crippen molar-refractivity contribution in [3.05, 3.63) is 64.7 Å². The van der Waals surface area contributed by atoms with Gasteiger partial charge in [-0.3, -0.25) is 19.3 Å². The summed E-state index contributed by atoms with van der Waals surface area (Å²) in [5, 5.41) is 2.77. The molecule has 1 aliphatic heterocycles. The largest absolute Gasteiger partial charge is 0.324 e. The van der Waals surface area contributed by atoms with Crippen molar-refractivity contribution < 1.29 is 22.8 Å². The predicted octanol–water partition coefficient (Wildman–Crippen LogP) is 0.825. The molecule has 1 aliphatic carbocycles. The molecule has 2 aliphatic rings. The fraction of sp³-hybridized carbons (Fsp3) is 0.318. The maximum Gasteiger partial charge on any atom is 0.281 e. The van der Waals surface area contributed by atoms with Crippen LogP contribution in [0.5, 0.6) is 0 Å². The van der Waals surface area contributed by atoms with Crippen LogP contribution in [0.2, 0.25) is 0 Å². The summed E-state index contributed by atoms with van der Waals surface area (Å²) >= 11 is 0. The number of fused-ring (bicyclic) bond motifs is 2. The Hall–Kier alpha value is -2.92. The van der Waals surface area contributed by atoms with Gasteiger partial charge in [0.1, 0.15) is 0 Å². The van der Waals surface area contributed by atoms with Gasteiger partial charge in [0, 0.05) is 57.0 Å². The zero-order valence-corrected chi connectivity index (χ0v) is 18.7. The minimum atomic E-state index is -3.48. The SMILES string of the molecule is CN(C)S(=O)(=O)N1CCN(CC(=O)Nc2cccc3c2C(=O)c2ccccc2C3=O)CC1. The van der Waals surface area contributed by atoms with Gasteiger partial charge in [-0.2, -0.15) is 17.0 Å². The number of rotatable bonds is 5. The minimum Gasteiger partial charge on any atom is -0.324 e. The van der Waals surface area contributed by atoms with E-state index in [0.29, 0.717) is 29.9 Å². The first kappa shape index (κ1) is 22.3. The quantitative estimate of drug-likeness (QED) is 0.609. The van der Waals surface area contributed by atoms with Crippen molar-refractivity contribution in [1.82, 2.24) is 13.5 Å². The van der Waals surface area contributed by atoms with E-state index in [4.69, 9.17) is 0 Å². The van der Waals surface area contributed by atoms with Crippen LogP contribution in [0.3, 0.4) is 0 Å². The molecule has 168 valence electrons. The van der Waals surface area contributed by atoms with Crippen LogP contribution in [-0.4, -0.2) is 86.2 Å². The number of carbonyl (C=O) groups excluding carboxylic acids is 3. The fourth-order valence-corrected chi connectivity index (χ4v) is 5.08. The van der Waals surface area contributed by atoms with Gasteiger partial charge in [0.2, 0.25) is 5.91 Å². The molecule has 0 spiro atoms. The molecule has 0 bridgehead atoms. The van der Waals surface area contributed by atoms with Crippen molar-refractivity contribution in [2.75, 3.05) is 52.1 Å². The number of nitrogens with zero attached hydrogens (tertiary/aromatic N) is 3. The second-order valence-corrected chi connectivity index (χ2v) is 10.1. The van der Waals surface area contributed by atoms with Crippen LogP contribution < -0.4 is 5.32 Å². The maximum absolute atomic E-state index is 13.1. The van der Waals surface area contributed by atoms with Crippen molar-refractivity contribution >= 4 is 33.4 Å². The zero-order chi connectivity index (χ0) is 23.0. The molecular weight excluding hydrogens is 432 g/mol. The summed E-state index contributed by atoms with van der Waals surface area (Å²) in [7, 11) is -0.504. The van der Waals surface area contributed by atoms with Crippen LogP contribution in [-0.2, 0) is 15.0 Å². The van der Waals surface area contributed by atoms with Crippen LogP contribution in [0.15, 0.2) is 42.5 Å². The third-order valence-corrected chi connectivity index (χ3v) is 7.65. The number of hydrogen-bond donors (Lipinski definition) is 1. The molecule has 1 amide bonds. The number of piperazine rings is 1. The highest BCUT2D eigenvalue weighted by atomic mass is 32.2. The van der Waals surface area contributed by atoms with Crippen molar-refractivity contribution in [2.45, 2.75) is 0 Å². The summed E-state index contributed by atoms with van der Waals surface area (Å²) in [6.07, 6.45) is 0. The molecule has 2 aromatic carbocycles. The van der Waals surface area contributed by atoms with Crippen LogP contribution in [0.1, 0.15) is 31.8 Å². The van der Waals surface area contributed by atoms with Gasteiger partial charge in [0.05, 0.1) is 17.8 Å². The Balaban J connectivity index is 1.46. The van der Waals surface area contributed by atoms with Crippen LogP contribution >= 0.6 is 0 Å². The van der Waals surface area contributed by atoms with Gasteiger partial charge in [-0.1, -0.05) is 36.4 Å². The summed E-state index contributed by atoms with van der Waals surface area (Å²) in [6, 6.07) is 11.5. The van der Waals surface area contributed by atoms with Gasteiger partial charge in [-0.25, -0.2) is 0 Å². The van der Waals surface area contributed by atoms with Gasteiger partial charge in [-0.05, 0) is 6.07 Å². The number of carbonyl (C=O) groups is 3. The van der Waals surface area contributed by atoms with E-state index in [1.165, 1.54) is 22.7 Å². The number of hydrogen-bond acceptors (Lipinski definition) is 6. The number of benzene rings is 2. The zero-order valence-electron chi connectivity index (χ0n) is 17.9. The van der Waals surface area contributed by atoms with E-state index in [1.54, 1.807) is 42.5 Å². The smallest absolute Gasteiger partial charge is 0.281 e. The molecule has 1 N–H and O–H groups in total. The van der Waals surface area contributed by atoms with E-state index in [-0.39, 0.29) is 48.2 Å². The third-order valence-electron chi connectivity index (χ3n) is 5.71. The Kier molecular flexibility index (Phi) is 5.95. The number of nitrogens with one attached hydrogen (secondary N) is 1. The standard InChI is InChI=1S/C22H24N4O5S/c1-24(2)32(30,31)26-12-10-25(11-13-26)14-19(27)23-18-9-5-8-17-20(18)22(29)16-7-4-3-6-15(16)21(17)28/h3-9H,10-14H2,1-2H3,(H,23,27). The first-order valence-corrected chi connectivity index (χ1v) is 11.6. The number of anilines is 1. The molecule has 0 radical (unpaired) electrons. The monoisotopic (exact) mass is 456 g/mol. The summed E-state index contributed by atoms with van der Waals surface area (Å²) in [6.45, 7) is 1.46. The van der Waals surface area contributed by atoms with Crippen molar-refractivity contribution in [3.8, 4) is 0 Å². The summed E-state index contributed by atoms with van der Waals surface area (Å²) < 4.78 is 27.0. The molecule has 0 saturated carbocycles. The number of ketones is 2. The van der Waals surface area contributed by atoms with Crippen LogP contribution in [0, 0.1) is 0 Å². The highest BCUT2D eigenvalue weighted by Crippen LogP contribution is 2.31. The second-order valence-electron chi connectivity index (χ2n) is 7.95. The molecule has 10 heteroatoms. The van der Waals surface area contributed by atoms with Gasteiger partial charge in [0.25, 0.3) is 10.2 Å². The van der Waals surface area contributed by atoms with Crippen molar-refractivity contribution in [1.29, 1.82) is 0 Å². The molecule has 2 aromatic rings. The first-order valence-electron chi connectivity index (χ1n) is 10.2. The van der Waals surface area contributed by atoms with Crippen LogP contribution in [0.25, 0.3) is 0 Å². The normalized spacial score (nSPS) is 17.2. The lowest BCUT2D eigenvalue weighted by Gasteiger charge is -2.34. The second kappa shape index (κ2) is 8.55. The lowest BCUT2D eigenvalue weighted by molar-refractivity contribution is -0.117. The van der Waals surface area contributed by atoms with E-state index in [0.717, 1.165) is 0 Å². The maximum atomic E-state index is 13.1. The molecular formula is C22H24N4O5S. The van der Waals surface area contributed by atoms with Gasteiger partial charge >= 0.3 is 0 Å². The molecule has 1 saturated heterocycles. The van der Waals surface area contributed by atoms with E-state index in [1.807, 2.05) is 4.90 Å². The Bertz CT molecular complexity index is 1200. The average molecular weight is 457 g/mol. The molecule has 9 nitrogen and oxygen atoms in total.